The van der Waals surface area contributed by atoms with Crippen LogP contribution in [0.4, 0.5) is 0 Å². The van der Waals surface area contributed by atoms with Crippen molar-refractivity contribution < 1.29 is 23.9 Å². The van der Waals surface area contributed by atoms with Crippen LogP contribution in [0.3, 0.4) is 0 Å². The number of nitrogens with zero attached hydrogens (tertiary/aromatic N) is 1. The van der Waals surface area contributed by atoms with E-state index in [1.165, 1.54) is 6.26 Å². The Kier molecular flexibility index (Phi) is 3.87. The summed E-state index contributed by atoms with van der Waals surface area (Å²) >= 11 is 0. The van der Waals surface area contributed by atoms with Gasteiger partial charge < -0.3 is 19.7 Å². The van der Waals surface area contributed by atoms with Crippen LogP contribution >= 0.6 is 0 Å². The molecule has 1 aliphatic heterocycles. The third-order valence-electron chi connectivity index (χ3n) is 4.73. The van der Waals surface area contributed by atoms with E-state index in [1.54, 1.807) is 24.0 Å². The van der Waals surface area contributed by atoms with Gasteiger partial charge in [-0.15, -0.1) is 0 Å². The van der Waals surface area contributed by atoms with Crippen LogP contribution in [-0.4, -0.2) is 39.9 Å². The molecule has 2 N–H and O–H groups in total. The lowest BCUT2D eigenvalue weighted by Crippen LogP contribution is -2.55. The van der Waals surface area contributed by atoms with Gasteiger partial charge in [-0.2, -0.15) is 0 Å². The summed E-state index contributed by atoms with van der Waals surface area (Å²) < 4.78 is 5.22. The molecule has 2 heterocycles. The van der Waals surface area contributed by atoms with Gasteiger partial charge in [0.05, 0.1) is 18.7 Å². The number of carboxylic acids is 1. The number of furan rings is 1. The number of carbonyl (C=O) groups is 3. The van der Waals surface area contributed by atoms with Gasteiger partial charge in [0, 0.05) is 13.0 Å². The van der Waals surface area contributed by atoms with E-state index in [-0.39, 0.29) is 30.7 Å². The summed E-state index contributed by atoms with van der Waals surface area (Å²) in [6, 6.07) is 3.52. The van der Waals surface area contributed by atoms with Crippen molar-refractivity contribution in [2.24, 2.45) is 11.8 Å². The zero-order valence-electron chi connectivity index (χ0n) is 12.9. The molecule has 124 valence electrons. The number of amides is 2. The number of nitrogens with one attached hydrogen (secondary N) is 1. The first-order valence-electron chi connectivity index (χ1n) is 7.75. The molecule has 2 atom stereocenters. The quantitative estimate of drug-likeness (QED) is 0.814. The largest absolute Gasteiger partial charge is 0.480 e. The topological polar surface area (TPSA) is 99.9 Å². The Morgan fingerprint density at radius 3 is 2.78 bits per heavy atom. The smallest absolute Gasteiger partial charge is 0.329 e. The average Bonchev–Trinajstić information content (AvgIpc) is 3.13. The van der Waals surface area contributed by atoms with E-state index in [0.29, 0.717) is 12.3 Å². The van der Waals surface area contributed by atoms with E-state index in [4.69, 9.17) is 4.42 Å². The molecule has 7 heteroatoms. The van der Waals surface area contributed by atoms with Crippen molar-refractivity contribution >= 4 is 17.8 Å². The SMILES string of the molecule is C[C@@](NC(=O)[C@@H]1CC(=O)N(Cc2ccco2)C1)(C(=O)O)C1CC1. The molecule has 23 heavy (non-hydrogen) atoms. The summed E-state index contributed by atoms with van der Waals surface area (Å²) in [5.41, 5.74) is -1.24. The van der Waals surface area contributed by atoms with Crippen molar-refractivity contribution in [3.8, 4) is 0 Å². The molecular weight excluding hydrogens is 300 g/mol. The minimum Gasteiger partial charge on any atom is -0.480 e. The summed E-state index contributed by atoms with van der Waals surface area (Å²) in [4.78, 5) is 37.5. The van der Waals surface area contributed by atoms with Gasteiger partial charge in [-0.05, 0) is 37.8 Å². The summed E-state index contributed by atoms with van der Waals surface area (Å²) in [5, 5.41) is 12.1. The lowest BCUT2D eigenvalue weighted by atomic mass is 9.94. The molecule has 1 saturated carbocycles. The molecule has 7 nitrogen and oxygen atoms in total. The van der Waals surface area contributed by atoms with Gasteiger partial charge in [0.2, 0.25) is 11.8 Å². The highest BCUT2D eigenvalue weighted by Crippen LogP contribution is 2.40. The van der Waals surface area contributed by atoms with E-state index in [0.717, 1.165) is 12.8 Å². The van der Waals surface area contributed by atoms with Crippen LogP contribution < -0.4 is 5.32 Å². The average molecular weight is 320 g/mol. The second kappa shape index (κ2) is 5.72. The van der Waals surface area contributed by atoms with Crippen LogP contribution in [0.5, 0.6) is 0 Å². The van der Waals surface area contributed by atoms with Crippen LogP contribution in [0.1, 0.15) is 31.9 Å². The number of likely N-dealkylation sites (tertiary alicyclic amines) is 1. The Morgan fingerprint density at radius 2 is 2.22 bits per heavy atom. The maximum atomic E-state index is 12.4. The standard InChI is InChI=1S/C16H20N2O5/c1-16(15(21)22,11-4-5-11)17-14(20)10-7-13(19)18(8-10)9-12-3-2-6-23-12/h2-3,6,10-11H,4-5,7-9H2,1H3,(H,17,20)(H,21,22)/t10-,16+/m1/s1. The van der Waals surface area contributed by atoms with Crippen LogP contribution in [0.25, 0.3) is 0 Å². The van der Waals surface area contributed by atoms with Crippen molar-refractivity contribution in [2.45, 2.75) is 38.3 Å². The molecule has 1 saturated heterocycles. The van der Waals surface area contributed by atoms with Crippen molar-refractivity contribution in [1.82, 2.24) is 10.2 Å². The highest BCUT2D eigenvalue weighted by atomic mass is 16.4. The maximum Gasteiger partial charge on any atom is 0.329 e. The molecular formula is C16H20N2O5. The van der Waals surface area contributed by atoms with Gasteiger partial charge in [0.25, 0.3) is 0 Å². The van der Waals surface area contributed by atoms with E-state index in [2.05, 4.69) is 5.32 Å². The Balaban J connectivity index is 1.62. The monoisotopic (exact) mass is 320 g/mol. The maximum absolute atomic E-state index is 12.4. The first-order chi connectivity index (χ1) is 10.9. The molecule has 0 unspecified atom stereocenters. The predicted molar refractivity (Wildman–Crippen MR) is 79.1 cm³/mol. The predicted octanol–water partition coefficient (Wildman–Crippen LogP) is 0.998. The fraction of sp³-hybridized carbons (Fsp3) is 0.562. The summed E-state index contributed by atoms with van der Waals surface area (Å²) in [6.45, 7) is 2.16. The van der Waals surface area contributed by atoms with Gasteiger partial charge >= 0.3 is 5.97 Å². The highest BCUT2D eigenvalue weighted by Gasteiger charge is 2.49. The van der Waals surface area contributed by atoms with Crippen LogP contribution in [0.2, 0.25) is 0 Å². The van der Waals surface area contributed by atoms with E-state index >= 15 is 0 Å². The number of hydrogen-bond donors (Lipinski definition) is 2. The summed E-state index contributed by atoms with van der Waals surface area (Å²) in [6.07, 6.45) is 3.25. The molecule has 1 aromatic rings. The van der Waals surface area contributed by atoms with E-state index in [1.807, 2.05) is 0 Å². The Morgan fingerprint density at radius 1 is 1.48 bits per heavy atom. The Labute approximate surface area is 133 Å². The van der Waals surface area contributed by atoms with Gasteiger partial charge in [-0.3, -0.25) is 9.59 Å². The highest BCUT2D eigenvalue weighted by molar-refractivity contribution is 5.92. The lowest BCUT2D eigenvalue weighted by molar-refractivity contribution is -0.148. The van der Waals surface area contributed by atoms with E-state index < -0.39 is 17.4 Å². The molecule has 0 spiro atoms. The van der Waals surface area contributed by atoms with Crippen LogP contribution in [-0.2, 0) is 20.9 Å². The Bertz CT molecular complexity index is 622. The van der Waals surface area contributed by atoms with Crippen molar-refractivity contribution in [2.75, 3.05) is 6.54 Å². The summed E-state index contributed by atoms with van der Waals surface area (Å²) in [7, 11) is 0. The molecule has 0 radical (unpaired) electrons. The number of rotatable bonds is 6. The van der Waals surface area contributed by atoms with Gasteiger partial charge in [-0.25, -0.2) is 4.79 Å². The number of carbonyl (C=O) groups excluding carboxylic acids is 2. The fourth-order valence-corrected chi connectivity index (χ4v) is 3.04. The van der Waals surface area contributed by atoms with Crippen molar-refractivity contribution in [3.63, 3.8) is 0 Å². The molecule has 2 amide bonds. The zero-order chi connectivity index (χ0) is 16.6. The number of carboxylic acid groups (broad SMARTS) is 1. The third kappa shape index (κ3) is 3.09. The first kappa shape index (κ1) is 15.6. The second-order valence-electron chi connectivity index (χ2n) is 6.53. The van der Waals surface area contributed by atoms with Crippen molar-refractivity contribution in [3.05, 3.63) is 24.2 Å². The minimum atomic E-state index is -1.24. The number of hydrogen-bond acceptors (Lipinski definition) is 4. The van der Waals surface area contributed by atoms with E-state index in [9.17, 15) is 19.5 Å². The van der Waals surface area contributed by atoms with Crippen LogP contribution in [0, 0.1) is 11.8 Å². The molecule has 3 rings (SSSR count). The Hall–Kier alpha value is -2.31. The molecule has 1 aliphatic carbocycles. The minimum absolute atomic E-state index is 0.0275. The zero-order valence-corrected chi connectivity index (χ0v) is 12.9. The molecule has 0 aromatic carbocycles. The molecule has 1 aromatic heterocycles. The third-order valence-corrected chi connectivity index (χ3v) is 4.73. The lowest BCUT2D eigenvalue weighted by Gasteiger charge is -2.27. The van der Waals surface area contributed by atoms with Gasteiger partial charge in [0.1, 0.15) is 11.3 Å². The molecule has 2 fully saturated rings. The first-order valence-corrected chi connectivity index (χ1v) is 7.75. The summed E-state index contributed by atoms with van der Waals surface area (Å²) in [5.74, 6) is -1.39. The fourth-order valence-electron chi connectivity index (χ4n) is 3.04. The number of aliphatic carboxylic acids is 1. The van der Waals surface area contributed by atoms with Gasteiger partial charge in [-0.1, -0.05) is 0 Å². The molecule has 2 aliphatic rings. The second-order valence-corrected chi connectivity index (χ2v) is 6.53. The van der Waals surface area contributed by atoms with Crippen molar-refractivity contribution in [1.29, 1.82) is 0 Å². The van der Waals surface area contributed by atoms with Gasteiger partial charge in [0.15, 0.2) is 0 Å². The van der Waals surface area contributed by atoms with Crippen LogP contribution in [0.15, 0.2) is 22.8 Å². The normalized spacial score (nSPS) is 23.6. The molecule has 0 bridgehead atoms.